The Labute approximate surface area is 161 Å². The van der Waals surface area contributed by atoms with Crippen molar-refractivity contribution in [1.82, 2.24) is 4.90 Å². The van der Waals surface area contributed by atoms with E-state index in [2.05, 4.69) is 0 Å². The number of nitrogens with zero attached hydrogens (tertiary/aromatic N) is 1. The maximum Gasteiger partial charge on any atom is 0.262 e. The van der Waals surface area contributed by atoms with Crippen LogP contribution in [0.2, 0.25) is 0 Å². The molecule has 7 heteroatoms. The van der Waals surface area contributed by atoms with Gasteiger partial charge in [0.05, 0.1) is 17.7 Å². The molecule has 0 aromatic heterocycles. The molecule has 0 bridgehead atoms. The van der Waals surface area contributed by atoms with Crippen molar-refractivity contribution in [3.8, 4) is 0 Å². The molecule has 28 heavy (non-hydrogen) atoms. The van der Waals surface area contributed by atoms with Crippen LogP contribution >= 0.6 is 0 Å². The smallest absolute Gasteiger partial charge is 0.262 e. The molecule has 3 aliphatic heterocycles. The van der Waals surface area contributed by atoms with Crippen LogP contribution in [0.4, 0.5) is 0 Å². The van der Waals surface area contributed by atoms with Gasteiger partial charge in [0.2, 0.25) is 0 Å². The fourth-order valence-corrected chi connectivity index (χ4v) is 3.92. The zero-order chi connectivity index (χ0) is 19.3. The van der Waals surface area contributed by atoms with Crippen LogP contribution in [0.1, 0.15) is 26.3 Å². The summed E-state index contributed by atoms with van der Waals surface area (Å²) in [6.07, 6.45) is -2.17. The van der Waals surface area contributed by atoms with E-state index in [1.807, 2.05) is 30.3 Å². The Bertz CT molecular complexity index is 881. The minimum absolute atomic E-state index is 0.328. The van der Waals surface area contributed by atoms with Crippen molar-refractivity contribution in [2.45, 2.75) is 37.4 Å². The number of hydrogen-bond donors (Lipinski definition) is 0. The quantitative estimate of drug-likeness (QED) is 0.582. The monoisotopic (exact) mass is 381 g/mol. The van der Waals surface area contributed by atoms with Crippen molar-refractivity contribution in [2.75, 3.05) is 7.11 Å². The van der Waals surface area contributed by atoms with Gasteiger partial charge in [-0.2, -0.15) is 0 Å². The molecular formula is C21H19NO6. The SMILES string of the molecule is CO[C@H]1O[C@@H]2O[C@@H]2[C@H](OCc2ccccc2)[C@H]1N1C(=O)c2ccccc2C1=O. The Balaban J connectivity index is 1.46. The van der Waals surface area contributed by atoms with Crippen LogP contribution in [0.25, 0.3) is 0 Å². The number of methoxy groups -OCH3 is 1. The Morgan fingerprint density at radius 1 is 0.929 bits per heavy atom. The molecule has 0 spiro atoms. The summed E-state index contributed by atoms with van der Waals surface area (Å²) < 4.78 is 22.9. The second kappa shape index (κ2) is 6.79. The van der Waals surface area contributed by atoms with E-state index in [0.717, 1.165) is 5.56 Å². The number of rotatable bonds is 5. The molecule has 2 aromatic rings. The van der Waals surface area contributed by atoms with Gasteiger partial charge in [-0.05, 0) is 17.7 Å². The van der Waals surface area contributed by atoms with E-state index in [1.54, 1.807) is 24.3 Å². The minimum atomic E-state index is -0.827. The van der Waals surface area contributed by atoms with Crippen LogP contribution < -0.4 is 0 Å². The number of ether oxygens (including phenoxy) is 4. The number of amides is 2. The van der Waals surface area contributed by atoms with Gasteiger partial charge in [0.1, 0.15) is 18.2 Å². The van der Waals surface area contributed by atoms with Crippen molar-refractivity contribution in [3.05, 3.63) is 71.3 Å². The summed E-state index contributed by atoms with van der Waals surface area (Å²) in [5.41, 5.74) is 1.74. The number of benzene rings is 2. The molecule has 3 heterocycles. The maximum atomic E-state index is 13.0. The van der Waals surface area contributed by atoms with Gasteiger partial charge in [-0.1, -0.05) is 42.5 Å². The summed E-state index contributed by atoms with van der Waals surface area (Å²) in [6, 6.07) is 15.7. The third kappa shape index (κ3) is 2.75. The fraction of sp³-hybridized carbons (Fsp3) is 0.333. The van der Waals surface area contributed by atoms with Crippen LogP contribution in [0, 0.1) is 0 Å². The molecular weight excluding hydrogens is 362 g/mol. The second-order valence-corrected chi connectivity index (χ2v) is 6.99. The summed E-state index contributed by atoms with van der Waals surface area (Å²) in [5, 5.41) is 0. The minimum Gasteiger partial charge on any atom is -0.368 e. The summed E-state index contributed by atoms with van der Waals surface area (Å²) >= 11 is 0. The van der Waals surface area contributed by atoms with Gasteiger partial charge in [-0.3, -0.25) is 14.5 Å². The molecule has 7 nitrogen and oxygen atoms in total. The lowest BCUT2D eigenvalue weighted by molar-refractivity contribution is -0.213. The van der Waals surface area contributed by atoms with Crippen molar-refractivity contribution in [1.29, 1.82) is 0 Å². The Hall–Kier alpha value is -2.58. The van der Waals surface area contributed by atoms with E-state index in [1.165, 1.54) is 12.0 Å². The molecule has 0 saturated carbocycles. The lowest BCUT2D eigenvalue weighted by atomic mass is 10.0. The molecule has 5 atom stereocenters. The second-order valence-electron chi connectivity index (χ2n) is 6.99. The number of carbonyl (C=O) groups is 2. The fourth-order valence-electron chi connectivity index (χ4n) is 3.92. The normalized spacial score (nSPS) is 30.9. The van der Waals surface area contributed by atoms with Crippen LogP contribution in [-0.4, -0.2) is 54.7 Å². The first-order valence-corrected chi connectivity index (χ1v) is 9.15. The number of carbonyl (C=O) groups excluding carboxylic acids is 2. The predicted molar refractivity (Wildman–Crippen MR) is 96.3 cm³/mol. The maximum absolute atomic E-state index is 13.0. The first-order chi connectivity index (χ1) is 13.7. The van der Waals surface area contributed by atoms with Gasteiger partial charge >= 0.3 is 0 Å². The van der Waals surface area contributed by atoms with Crippen molar-refractivity contribution in [3.63, 3.8) is 0 Å². The van der Waals surface area contributed by atoms with Gasteiger partial charge in [-0.25, -0.2) is 0 Å². The van der Waals surface area contributed by atoms with E-state index < -0.39 is 24.7 Å². The van der Waals surface area contributed by atoms with E-state index in [0.29, 0.717) is 17.7 Å². The molecule has 0 radical (unpaired) electrons. The summed E-state index contributed by atoms with van der Waals surface area (Å²) in [4.78, 5) is 27.2. The van der Waals surface area contributed by atoms with Crippen LogP contribution in [0.3, 0.4) is 0 Å². The molecule has 2 saturated heterocycles. The van der Waals surface area contributed by atoms with Gasteiger partial charge in [0, 0.05) is 7.11 Å². The number of epoxide rings is 1. The molecule has 0 N–H and O–H groups in total. The Morgan fingerprint density at radius 3 is 2.21 bits per heavy atom. The average molecular weight is 381 g/mol. The number of fused-ring (bicyclic) bond motifs is 2. The zero-order valence-electron chi connectivity index (χ0n) is 15.2. The zero-order valence-corrected chi connectivity index (χ0v) is 15.2. The Morgan fingerprint density at radius 2 is 1.57 bits per heavy atom. The van der Waals surface area contributed by atoms with E-state index in [9.17, 15) is 9.59 Å². The number of hydrogen-bond acceptors (Lipinski definition) is 6. The van der Waals surface area contributed by atoms with Gasteiger partial charge < -0.3 is 18.9 Å². The highest BCUT2D eigenvalue weighted by Crippen LogP contribution is 2.41. The third-order valence-corrected chi connectivity index (χ3v) is 5.33. The summed E-state index contributed by atoms with van der Waals surface area (Å²) in [6.45, 7) is 0.328. The third-order valence-electron chi connectivity index (χ3n) is 5.33. The largest absolute Gasteiger partial charge is 0.368 e. The van der Waals surface area contributed by atoms with Gasteiger partial charge in [0.15, 0.2) is 12.6 Å². The first-order valence-electron chi connectivity index (χ1n) is 9.15. The topological polar surface area (TPSA) is 77.6 Å². The van der Waals surface area contributed by atoms with E-state index in [4.69, 9.17) is 18.9 Å². The lowest BCUT2D eigenvalue weighted by Gasteiger charge is -2.38. The molecule has 2 fully saturated rings. The predicted octanol–water partition coefficient (Wildman–Crippen LogP) is 1.96. The van der Waals surface area contributed by atoms with Gasteiger partial charge in [0.25, 0.3) is 11.8 Å². The summed E-state index contributed by atoms with van der Waals surface area (Å²) in [7, 11) is 1.48. The van der Waals surface area contributed by atoms with Crippen LogP contribution in [0.15, 0.2) is 54.6 Å². The first kappa shape index (κ1) is 17.5. The highest BCUT2D eigenvalue weighted by molar-refractivity contribution is 6.21. The highest BCUT2D eigenvalue weighted by atomic mass is 16.8. The van der Waals surface area contributed by atoms with Crippen molar-refractivity contribution >= 4 is 11.8 Å². The molecule has 2 aromatic carbocycles. The molecule has 3 aliphatic rings. The van der Waals surface area contributed by atoms with Crippen LogP contribution in [0.5, 0.6) is 0 Å². The van der Waals surface area contributed by atoms with Gasteiger partial charge in [-0.15, -0.1) is 0 Å². The molecule has 0 unspecified atom stereocenters. The number of imide groups is 1. The molecule has 5 rings (SSSR count). The molecule has 0 aliphatic carbocycles. The molecule has 144 valence electrons. The Kier molecular flexibility index (Phi) is 4.25. The van der Waals surface area contributed by atoms with E-state index in [-0.39, 0.29) is 17.9 Å². The van der Waals surface area contributed by atoms with Crippen molar-refractivity contribution in [2.24, 2.45) is 0 Å². The standard InChI is InChI=1S/C21H19NO6/c1-25-20-15(22-18(23)13-9-5-6-10-14(13)19(22)24)16(17-21(27-17)28-20)26-11-12-7-3-2-4-8-12/h2-10,15-17,20-21H,11H2,1H3/t15-,16-,17-,20+,21+/m1/s1. The van der Waals surface area contributed by atoms with Crippen LogP contribution in [-0.2, 0) is 25.6 Å². The summed E-state index contributed by atoms with van der Waals surface area (Å²) in [5.74, 6) is -0.743. The molecule has 2 amide bonds. The van der Waals surface area contributed by atoms with Crippen molar-refractivity contribution < 1.29 is 28.5 Å². The van der Waals surface area contributed by atoms with E-state index >= 15 is 0 Å². The highest BCUT2D eigenvalue weighted by Gasteiger charge is 2.62. The average Bonchev–Trinajstić information content (AvgIpc) is 3.47. The lowest BCUT2D eigenvalue weighted by Crippen LogP contribution is -2.60.